The van der Waals surface area contributed by atoms with Gasteiger partial charge in [-0.25, -0.2) is 19.7 Å². The van der Waals surface area contributed by atoms with E-state index in [9.17, 15) is 34.5 Å². The zero-order chi connectivity index (χ0) is 60.4. The molecule has 0 bridgehead atoms. The van der Waals surface area contributed by atoms with Crippen molar-refractivity contribution in [2.75, 3.05) is 13.7 Å². The van der Waals surface area contributed by atoms with Crippen LogP contribution in [-0.4, -0.2) is 79.1 Å². The molecular weight excluding hydrogens is 1130 g/mol. The van der Waals surface area contributed by atoms with Crippen LogP contribution in [-0.2, 0) is 60.9 Å². The van der Waals surface area contributed by atoms with Gasteiger partial charge in [-0.2, -0.15) is 0 Å². The van der Waals surface area contributed by atoms with Crippen LogP contribution in [0.2, 0.25) is 0 Å². The van der Waals surface area contributed by atoms with Crippen molar-refractivity contribution in [1.29, 1.82) is 0 Å². The Hall–Kier alpha value is -6.30. The maximum Gasteiger partial charge on any atom is 0.328 e. The highest BCUT2D eigenvalue weighted by Gasteiger charge is 2.33. The first-order chi connectivity index (χ1) is 39.7. The summed E-state index contributed by atoms with van der Waals surface area (Å²) in [6.07, 6.45) is 10.4. The van der Waals surface area contributed by atoms with Crippen LogP contribution in [0.4, 0.5) is 0 Å². The fourth-order valence-electron chi connectivity index (χ4n) is 11.7. The zero-order valence-corrected chi connectivity index (χ0v) is 53.0. The number of esters is 1. The SMILES string of the molecule is CC(C)(C)C1CCc2nc3sc(C(=O)Cl)cc3cc2C1.CC(C)(C)C1CCc2nc3sc(C(=O)N[C@H](CO)Cc4ccc(O)cc4)cc3cc2C1.COC(=O)[C@H](Cc1ccc(O)cc1)NC(=O)c1cc2cc3c(nc2s1)CCC(C(C)(C)C)C3. The molecule has 0 fully saturated rings. The van der Waals surface area contributed by atoms with Gasteiger partial charge in [0.1, 0.15) is 32.0 Å². The van der Waals surface area contributed by atoms with Crippen molar-refractivity contribution in [2.45, 2.75) is 145 Å². The quantitative estimate of drug-likeness (QED) is 0.0609. The number of fused-ring (bicyclic) bond motifs is 6. The highest BCUT2D eigenvalue weighted by Crippen LogP contribution is 2.42. The van der Waals surface area contributed by atoms with Crippen molar-refractivity contribution in [3.63, 3.8) is 0 Å². The van der Waals surface area contributed by atoms with Crippen molar-refractivity contribution in [2.24, 2.45) is 34.0 Å². The lowest BCUT2D eigenvalue weighted by atomic mass is 9.71. The lowest BCUT2D eigenvalue weighted by Gasteiger charge is -2.34. The number of nitrogens with zero attached hydrogens (tertiary/aromatic N) is 3. The van der Waals surface area contributed by atoms with Crippen LogP contribution < -0.4 is 10.6 Å². The first-order valence-electron chi connectivity index (χ1n) is 29.0. The van der Waals surface area contributed by atoms with Gasteiger partial charge in [0.15, 0.2) is 0 Å². The van der Waals surface area contributed by atoms with Crippen LogP contribution in [0.3, 0.4) is 0 Å². The summed E-state index contributed by atoms with van der Waals surface area (Å²) in [6, 6.07) is 24.4. The molecule has 444 valence electrons. The number of carbonyl (C=O) groups excluding carboxylic acids is 4. The normalized spacial score (nSPS) is 17.5. The molecule has 8 aromatic rings. The Balaban J connectivity index is 0.000000156. The van der Waals surface area contributed by atoms with Gasteiger partial charge in [0.05, 0.1) is 34.4 Å². The first-order valence-corrected chi connectivity index (χ1v) is 31.9. The van der Waals surface area contributed by atoms with Gasteiger partial charge in [0.2, 0.25) is 0 Å². The average Bonchev–Trinajstić information content (AvgIpc) is 4.09. The number of benzene rings is 2. The molecule has 0 aliphatic heterocycles. The summed E-state index contributed by atoms with van der Waals surface area (Å²) in [6.45, 7) is 20.5. The fourth-order valence-corrected chi connectivity index (χ4v) is 14.6. The van der Waals surface area contributed by atoms with Crippen LogP contribution in [0, 0.1) is 34.0 Å². The Kier molecular flexibility index (Phi) is 19.1. The monoisotopic (exact) mass is 1210 g/mol. The van der Waals surface area contributed by atoms with Crippen molar-refractivity contribution < 1.29 is 39.2 Å². The molecule has 3 aliphatic carbocycles. The van der Waals surface area contributed by atoms with Crippen molar-refractivity contribution >= 4 is 99.3 Å². The van der Waals surface area contributed by atoms with E-state index in [4.69, 9.17) is 31.3 Å². The first kappa shape index (κ1) is 62.2. The minimum Gasteiger partial charge on any atom is -0.508 e. The van der Waals surface area contributed by atoms with Crippen LogP contribution in [0.1, 0.15) is 155 Å². The molecular formula is C67H78ClN5O8S3. The molecule has 3 aliphatic rings. The third kappa shape index (κ3) is 15.2. The molecule has 0 saturated carbocycles. The fraction of sp³-hybridized carbons (Fsp3) is 0.448. The number of carbonyl (C=O) groups is 4. The Morgan fingerprint density at radius 3 is 1.27 bits per heavy atom. The van der Waals surface area contributed by atoms with E-state index in [0.29, 0.717) is 44.2 Å². The van der Waals surface area contributed by atoms with Gasteiger partial charge in [-0.15, -0.1) is 34.0 Å². The minimum absolute atomic E-state index is 0.145. The minimum atomic E-state index is -0.828. The summed E-state index contributed by atoms with van der Waals surface area (Å²) < 4.78 is 4.90. The predicted molar refractivity (Wildman–Crippen MR) is 339 cm³/mol. The number of rotatable bonds is 11. The number of aromatic hydroxyl groups is 2. The number of aromatic nitrogens is 3. The number of methoxy groups -OCH3 is 1. The molecule has 5 atom stereocenters. The number of aliphatic hydroxyl groups excluding tert-OH is 1. The molecule has 6 heterocycles. The lowest BCUT2D eigenvalue weighted by Crippen LogP contribution is -2.42. The zero-order valence-electron chi connectivity index (χ0n) is 49.8. The van der Waals surface area contributed by atoms with Crippen LogP contribution in [0.15, 0.2) is 84.9 Å². The number of thiophene rings is 3. The summed E-state index contributed by atoms with van der Waals surface area (Å²) >= 11 is 9.71. The topological polar surface area (TPSA) is 201 Å². The number of ether oxygens (including phenoxy) is 1. The molecule has 2 amide bonds. The number of aliphatic hydroxyl groups is 1. The lowest BCUT2D eigenvalue weighted by molar-refractivity contribution is -0.142. The van der Waals surface area contributed by atoms with Gasteiger partial charge in [0.25, 0.3) is 17.1 Å². The molecule has 17 heteroatoms. The number of nitrogens with one attached hydrogen (secondary N) is 2. The van der Waals surface area contributed by atoms with E-state index in [1.807, 2.05) is 18.2 Å². The van der Waals surface area contributed by atoms with Gasteiger partial charge in [0, 0.05) is 39.7 Å². The standard InChI is InChI=1S/C26H30N2O4S.C25H30N2O3S.C16H18ClNOS/c1-26(2,3)18-7-10-20-16(13-18)12-17-14-22(33-24(17)28-20)23(30)27-21(25(31)32-4)11-15-5-8-19(29)9-6-15;1-25(2,3)18-6-9-21-16(12-18)11-17-13-22(31-24(17)27-21)23(30)26-19(14-28)10-15-4-7-20(29)8-5-15;1-16(2,3)11-4-5-12-9(7-11)6-10-8-13(14(17)19)20-15(10)18-12/h5-6,8-9,12,14,18,21,29H,7,10-11,13H2,1-4H3,(H,27,30);4-5,7-8,11,13,18-19,28-29H,6,9-10,12,14H2,1-3H3,(H,26,30);6,8,11H,4-5,7H2,1-3H3/t18?,21-;18?,19-;/m00./s1. The molecule has 3 unspecified atom stereocenters. The molecule has 13 nitrogen and oxygen atoms in total. The summed E-state index contributed by atoms with van der Waals surface area (Å²) in [5.74, 6) is 1.28. The van der Waals surface area contributed by atoms with E-state index >= 15 is 0 Å². The van der Waals surface area contributed by atoms with E-state index in [1.54, 1.807) is 48.5 Å². The van der Waals surface area contributed by atoms with E-state index < -0.39 is 23.3 Å². The van der Waals surface area contributed by atoms with Crippen molar-refractivity contribution in [3.8, 4) is 11.5 Å². The van der Waals surface area contributed by atoms with E-state index in [-0.39, 0.29) is 47.2 Å². The number of phenols is 2. The predicted octanol–water partition coefficient (Wildman–Crippen LogP) is 14.0. The van der Waals surface area contributed by atoms with E-state index in [0.717, 1.165) is 98.8 Å². The Bertz CT molecular complexity index is 3700. The molecule has 6 aromatic heterocycles. The number of phenolic OH excluding ortho intramolecular Hbond substituents is 2. The summed E-state index contributed by atoms with van der Waals surface area (Å²) in [5.41, 5.74) is 10.1. The van der Waals surface area contributed by atoms with Crippen LogP contribution in [0.25, 0.3) is 30.6 Å². The molecule has 0 radical (unpaired) electrons. The highest BCUT2D eigenvalue weighted by molar-refractivity contribution is 7.22. The van der Waals surface area contributed by atoms with Gasteiger partial charge in [-0.05, 0) is 198 Å². The number of halogens is 1. The maximum atomic E-state index is 13.0. The van der Waals surface area contributed by atoms with E-state index in [1.165, 1.54) is 75.6 Å². The second-order valence-corrected chi connectivity index (χ2v) is 29.6. The second-order valence-electron chi connectivity index (χ2n) is 26.1. The molecule has 11 rings (SSSR count). The third-order valence-electron chi connectivity index (χ3n) is 17.1. The van der Waals surface area contributed by atoms with Gasteiger partial charge < -0.3 is 30.7 Å². The van der Waals surface area contributed by atoms with Crippen molar-refractivity contribution in [1.82, 2.24) is 25.6 Å². The molecule has 0 saturated heterocycles. The number of amides is 2. The number of pyridine rings is 3. The van der Waals surface area contributed by atoms with Gasteiger partial charge in [-0.3, -0.25) is 14.4 Å². The second kappa shape index (κ2) is 25.7. The van der Waals surface area contributed by atoms with Crippen LogP contribution >= 0.6 is 45.6 Å². The number of hydrogen-bond acceptors (Lipinski definition) is 14. The third-order valence-corrected chi connectivity index (χ3v) is 20.5. The Morgan fingerprint density at radius 2 is 0.917 bits per heavy atom. The summed E-state index contributed by atoms with van der Waals surface area (Å²) in [4.78, 5) is 68.3. The average molecular weight is 1210 g/mol. The maximum absolute atomic E-state index is 13.0. The Labute approximate surface area is 509 Å². The number of hydrogen-bond donors (Lipinski definition) is 5. The van der Waals surface area contributed by atoms with Crippen LogP contribution in [0.5, 0.6) is 11.5 Å². The molecule has 5 N–H and O–H groups in total. The highest BCUT2D eigenvalue weighted by atomic mass is 35.5. The smallest absolute Gasteiger partial charge is 0.328 e. The van der Waals surface area contributed by atoms with Gasteiger partial charge in [-0.1, -0.05) is 86.6 Å². The Morgan fingerprint density at radius 1 is 0.560 bits per heavy atom. The molecule has 2 aromatic carbocycles. The van der Waals surface area contributed by atoms with Crippen molar-refractivity contribution in [3.05, 3.63) is 144 Å². The molecule has 84 heavy (non-hydrogen) atoms. The van der Waals surface area contributed by atoms with Gasteiger partial charge >= 0.3 is 5.97 Å². The summed E-state index contributed by atoms with van der Waals surface area (Å²) in [5, 5.41) is 37.0. The largest absolute Gasteiger partial charge is 0.508 e. The molecule has 0 spiro atoms. The summed E-state index contributed by atoms with van der Waals surface area (Å²) in [7, 11) is 1.30. The number of aryl methyl sites for hydroxylation is 3. The van der Waals surface area contributed by atoms with E-state index in [2.05, 4.69) is 91.1 Å².